The third-order valence-electron chi connectivity index (χ3n) is 4.08. The van der Waals surface area contributed by atoms with Crippen LogP contribution in [0.25, 0.3) is 0 Å². The van der Waals surface area contributed by atoms with Gasteiger partial charge >= 0.3 is 6.09 Å². The smallest absolute Gasteiger partial charge is 0.410 e. The third kappa shape index (κ3) is 5.93. The van der Waals surface area contributed by atoms with E-state index in [9.17, 15) is 18.0 Å². The summed E-state index contributed by atoms with van der Waals surface area (Å²) in [5.41, 5.74) is -0.595. The number of halogens is 1. The van der Waals surface area contributed by atoms with Gasteiger partial charge in [-0.3, -0.25) is 4.79 Å². The Bertz CT molecular complexity index is 819. The summed E-state index contributed by atoms with van der Waals surface area (Å²) in [6, 6.07) is 6.02. The maximum Gasteiger partial charge on any atom is 0.410 e. The quantitative estimate of drug-likeness (QED) is 0.691. The number of ether oxygens (including phenoxy) is 1. The van der Waals surface area contributed by atoms with Crippen molar-refractivity contribution in [3.05, 3.63) is 28.7 Å². The van der Waals surface area contributed by atoms with Crippen molar-refractivity contribution in [2.24, 2.45) is 0 Å². The second kappa shape index (κ2) is 8.18. The summed E-state index contributed by atoms with van der Waals surface area (Å²) in [4.78, 5) is 27.9. The van der Waals surface area contributed by atoms with Crippen molar-refractivity contribution in [3.63, 3.8) is 0 Å². The number of piperazine rings is 1. The molecule has 7 nitrogen and oxygen atoms in total. The average Bonchev–Trinajstić information content (AvgIpc) is 2.52. The molecule has 1 fully saturated rings. The minimum atomic E-state index is -3.73. The molecule has 1 aliphatic heterocycles. The Morgan fingerprint density at radius 3 is 2.48 bits per heavy atom. The summed E-state index contributed by atoms with van der Waals surface area (Å²) < 4.78 is 31.0. The normalized spacial score (nSPS) is 18.3. The van der Waals surface area contributed by atoms with E-state index >= 15 is 0 Å². The number of benzene rings is 1. The Hall–Kier alpha value is -1.61. The van der Waals surface area contributed by atoms with Gasteiger partial charge in [0.05, 0.1) is 4.90 Å². The van der Waals surface area contributed by atoms with Crippen molar-refractivity contribution in [2.75, 3.05) is 25.4 Å². The van der Waals surface area contributed by atoms with Crippen LogP contribution < -0.4 is 0 Å². The van der Waals surface area contributed by atoms with Gasteiger partial charge in [-0.1, -0.05) is 22.0 Å². The molecule has 1 aromatic carbocycles. The van der Waals surface area contributed by atoms with E-state index in [1.54, 1.807) is 37.8 Å². The second-order valence-electron chi connectivity index (χ2n) is 7.58. The molecule has 1 heterocycles. The SMILES string of the molecule is C[C@H]1CN(C(=O)CS(=O)(=O)c2cccc(Br)c2)CCN1C(=O)OC(C)(C)C. The van der Waals surface area contributed by atoms with Crippen LogP contribution in [0.5, 0.6) is 0 Å². The van der Waals surface area contributed by atoms with E-state index in [0.29, 0.717) is 11.0 Å². The van der Waals surface area contributed by atoms with Crippen LogP contribution in [0.1, 0.15) is 27.7 Å². The molecule has 2 rings (SSSR count). The van der Waals surface area contributed by atoms with Gasteiger partial charge in [-0.25, -0.2) is 13.2 Å². The number of rotatable bonds is 3. The maximum atomic E-state index is 12.5. The molecule has 0 saturated carbocycles. The molecule has 2 amide bonds. The van der Waals surface area contributed by atoms with Gasteiger partial charge in [0.2, 0.25) is 5.91 Å². The highest BCUT2D eigenvalue weighted by atomic mass is 79.9. The summed E-state index contributed by atoms with van der Waals surface area (Å²) in [7, 11) is -3.73. The predicted molar refractivity (Wildman–Crippen MR) is 105 cm³/mol. The van der Waals surface area contributed by atoms with E-state index in [0.717, 1.165) is 0 Å². The monoisotopic (exact) mass is 460 g/mol. The summed E-state index contributed by atoms with van der Waals surface area (Å²) in [6.45, 7) is 8.04. The standard InChI is InChI=1S/C18H25BrN2O5S/c1-13-11-20(8-9-21(13)17(23)26-18(2,3)4)16(22)12-27(24,25)15-7-5-6-14(19)10-15/h5-7,10,13H,8-9,11-12H2,1-4H3/t13-/m0/s1. The van der Waals surface area contributed by atoms with Crippen LogP contribution in [0.4, 0.5) is 4.79 Å². The Kier molecular flexibility index (Phi) is 6.57. The van der Waals surface area contributed by atoms with Crippen LogP contribution in [0, 0.1) is 0 Å². The summed E-state index contributed by atoms with van der Waals surface area (Å²) in [5, 5.41) is 0. The molecular weight excluding hydrogens is 436 g/mol. The molecule has 150 valence electrons. The fraction of sp³-hybridized carbons (Fsp3) is 0.556. The fourth-order valence-corrected chi connectivity index (χ4v) is 4.59. The van der Waals surface area contributed by atoms with Crippen LogP contribution in [0.15, 0.2) is 33.6 Å². The number of carbonyl (C=O) groups excluding carboxylic acids is 2. The van der Waals surface area contributed by atoms with Gasteiger partial charge in [0.25, 0.3) is 0 Å². The lowest BCUT2D eigenvalue weighted by atomic mass is 10.2. The first-order valence-electron chi connectivity index (χ1n) is 8.65. The summed E-state index contributed by atoms with van der Waals surface area (Å²) in [5.74, 6) is -1.06. The molecule has 9 heteroatoms. The number of hydrogen-bond donors (Lipinski definition) is 0. The highest BCUT2D eigenvalue weighted by Gasteiger charge is 2.33. The van der Waals surface area contributed by atoms with Crippen molar-refractivity contribution in [1.29, 1.82) is 0 Å². The van der Waals surface area contributed by atoms with Crippen molar-refractivity contribution >= 4 is 37.8 Å². The molecule has 0 aromatic heterocycles. The van der Waals surface area contributed by atoms with Gasteiger partial charge < -0.3 is 14.5 Å². The average molecular weight is 461 g/mol. The Morgan fingerprint density at radius 2 is 1.93 bits per heavy atom. The lowest BCUT2D eigenvalue weighted by Crippen LogP contribution is -2.57. The Morgan fingerprint density at radius 1 is 1.26 bits per heavy atom. The molecule has 1 aliphatic rings. The first-order valence-corrected chi connectivity index (χ1v) is 11.1. The molecule has 0 N–H and O–H groups in total. The lowest BCUT2D eigenvalue weighted by molar-refractivity contribution is -0.131. The number of amides is 2. The van der Waals surface area contributed by atoms with Gasteiger partial charge in [-0.05, 0) is 45.9 Å². The van der Waals surface area contributed by atoms with E-state index in [-0.39, 0.29) is 24.0 Å². The number of sulfone groups is 1. The molecule has 0 spiro atoms. The van der Waals surface area contributed by atoms with Crippen LogP contribution in [0.3, 0.4) is 0 Å². The fourth-order valence-electron chi connectivity index (χ4n) is 2.77. The number of carbonyl (C=O) groups is 2. The van der Waals surface area contributed by atoms with E-state index < -0.39 is 33.2 Å². The zero-order chi connectivity index (χ0) is 20.4. The van der Waals surface area contributed by atoms with E-state index in [2.05, 4.69) is 15.9 Å². The molecule has 0 radical (unpaired) electrons. The van der Waals surface area contributed by atoms with E-state index in [1.807, 2.05) is 6.92 Å². The highest BCUT2D eigenvalue weighted by Crippen LogP contribution is 2.19. The molecule has 1 atom stereocenters. The first-order chi connectivity index (χ1) is 12.4. The van der Waals surface area contributed by atoms with Gasteiger partial charge in [-0.2, -0.15) is 0 Å². The molecule has 0 unspecified atom stereocenters. The van der Waals surface area contributed by atoms with E-state index in [1.165, 1.54) is 17.0 Å². The topological polar surface area (TPSA) is 84.0 Å². The minimum absolute atomic E-state index is 0.102. The zero-order valence-electron chi connectivity index (χ0n) is 15.9. The highest BCUT2D eigenvalue weighted by molar-refractivity contribution is 9.10. The predicted octanol–water partition coefficient (Wildman–Crippen LogP) is 2.69. The molecule has 27 heavy (non-hydrogen) atoms. The first kappa shape index (κ1) is 21.7. The van der Waals surface area contributed by atoms with Gasteiger partial charge in [0.15, 0.2) is 9.84 Å². The van der Waals surface area contributed by atoms with Gasteiger partial charge in [0, 0.05) is 30.1 Å². The van der Waals surface area contributed by atoms with Crippen molar-refractivity contribution in [3.8, 4) is 0 Å². The number of nitrogens with zero attached hydrogens (tertiary/aromatic N) is 2. The second-order valence-corrected chi connectivity index (χ2v) is 10.5. The Labute approximate surface area is 168 Å². The third-order valence-corrected chi connectivity index (χ3v) is 6.17. The van der Waals surface area contributed by atoms with Crippen molar-refractivity contribution < 1.29 is 22.7 Å². The molecule has 0 bridgehead atoms. The van der Waals surface area contributed by atoms with Crippen LogP contribution >= 0.6 is 15.9 Å². The summed E-state index contributed by atoms with van der Waals surface area (Å²) >= 11 is 3.24. The minimum Gasteiger partial charge on any atom is -0.444 e. The zero-order valence-corrected chi connectivity index (χ0v) is 18.3. The van der Waals surface area contributed by atoms with Crippen molar-refractivity contribution in [1.82, 2.24) is 9.80 Å². The summed E-state index contributed by atoms with van der Waals surface area (Å²) in [6.07, 6.45) is -0.427. The van der Waals surface area contributed by atoms with Gasteiger partial charge in [-0.15, -0.1) is 0 Å². The largest absolute Gasteiger partial charge is 0.444 e. The Balaban J connectivity index is 2.00. The van der Waals surface area contributed by atoms with Crippen molar-refractivity contribution in [2.45, 2.75) is 44.2 Å². The van der Waals surface area contributed by atoms with Crippen LogP contribution in [-0.4, -0.2) is 67.2 Å². The van der Waals surface area contributed by atoms with Crippen LogP contribution in [-0.2, 0) is 19.4 Å². The van der Waals surface area contributed by atoms with E-state index in [4.69, 9.17) is 4.74 Å². The van der Waals surface area contributed by atoms with Gasteiger partial charge in [0.1, 0.15) is 11.4 Å². The molecule has 1 saturated heterocycles. The van der Waals surface area contributed by atoms with Crippen LogP contribution in [0.2, 0.25) is 0 Å². The number of hydrogen-bond acceptors (Lipinski definition) is 5. The lowest BCUT2D eigenvalue weighted by Gasteiger charge is -2.40. The molecular formula is C18H25BrN2O5S. The molecule has 0 aliphatic carbocycles. The molecule has 1 aromatic rings. The maximum absolute atomic E-state index is 12.5.